The van der Waals surface area contributed by atoms with Gasteiger partial charge in [-0.05, 0) is 37.3 Å². The van der Waals surface area contributed by atoms with Crippen molar-refractivity contribution in [3.8, 4) is 11.4 Å². The van der Waals surface area contributed by atoms with Gasteiger partial charge in [0.25, 0.3) is 0 Å². The van der Waals surface area contributed by atoms with Crippen LogP contribution in [0.15, 0.2) is 47.4 Å². The first-order valence-corrected chi connectivity index (χ1v) is 11.9. The van der Waals surface area contributed by atoms with Gasteiger partial charge < -0.3 is 24.8 Å². The van der Waals surface area contributed by atoms with Crippen LogP contribution in [0.2, 0.25) is 0 Å². The lowest BCUT2D eigenvalue weighted by atomic mass is 10.0. The fourth-order valence-corrected chi connectivity index (χ4v) is 5.51. The number of carboxylic acids is 1. The van der Waals surface area contributed by atoms with E-state index in [4.69, 9.17) is 4.74 Å². The smallest absolute Gasteiger partial charge is 0.341 e. The molecule has 0 saturated carbocycles. The molecule has 0 bridgehead atoms. The van der Waals surface area contributed by atoms with Gasteiger partial charge in [0.15, 0.2) is 11.5 Å². The zero-order valence-corrected chi connectivity index (χ0v) is 19.7. The van der Waals surface area contributed by atoms with E-state index in [0.29, 0.717) is 21.4 Å². The number of fused-ring (bicyclic) bond motifs is 2. The molecule has 1 aromatic heterocycles. The highest BCUT2D eigenvalue weighted by Crippen LogP contribution is 2.39. The Kier molecular flexibility index (Phi) is 6.11. The fraction of sp³-hybridized carbons (Fsp3) is 0.346. The minimum atomic E-state index is -1.41. The molecule has 2 aliphatic rings. The molecule has 2 aromatic carbocycles. The molecule has 9 nitrogen and oxygen atoms in total. The number of rotatable bonds is 5. The number of carboxylic acid groups (broad SMARTS) is 1. The van der Waals surface area contributed by atoms with E-state index in [-0.39, 0.29) is 17.2 Å². The average Bonchev–Trinajstić information content (AvgIpc) is 3.29. The molecule has 3 aromatic rings. The van der Waals surface area contributed by atoms with Gasteiger partial charge in [-0.1, -0.05) is 0 Å². The number of aromatic nitrogens is 1. The molecular formula is C26H27FN3O6+. The van der Waals surface area contributed by atoms with Gasteiger partial charge in [-0.15, -0.1) is 0 Å². The van der Waals surface area contributed by atoms with Crippen molar-refractivity contribution < 1.29 is 28.9 Å². The fourth-order valence-electron chi connectivity index (χ4n) is 5.51. The number of nitrogens with zero attached hydrogens (tertiary/aromatic N) is 2. The molecule has 0 amide bonds. The minimum Gasteiger partial charge on any atom is -0.477 e. The Morgan fingerprint density at radius 1 is 1.22 bits per heavy atom. The van der Waals surface area contributed by atoms with Gasteiger partial charge in [0.2, 0.25) is 5.43 Å². The van der Waals surface area contributed by atoms with Crippen molar-refractivity contribution >= 4 is 28.5 Å². The van der Waals surface area contributed by atoms with E-state index in [1.54, 1.807) is 22.8 Å². The van der Waals surface area contributed by atoms with Gasteiger partial charge in [0, 0.05) is 43.9 Å². The minimum absolute atomic E-state index is 0.0233. The van der Waals surface area contributed by atoms with E-state index in [1.807, 2.05) is 0 Å². The Balaban J connectivity index is 1.69. The number of carbonyl (C=O) groups is 2. The predicted molar refractivity (Wildman–Crippen MR) is 131 cm³/mol. The summed E-state index contributed by atoms with van der Waals surface area (Å²) in [4.78, 5) is 36.5. The first kappa shape index (κ1) is 24.1. The second-order valence-corrected chi connectivity index (χ2v) is 9.44. The zero-order valence-electron chi connectivity index (χ0n) is 19.7. The summed E-state index contributed by atoms with van der Waals surface area (Å²) in [5.41, 5.74) is 0.166. The third kappa shape index (κ3) is 3.97. The van der Waals surface area contributed by atoms with Gasteiger partial charge in [0.1, 0.15) is 23.5 Å². The summed E-state index contributed by atoms with van der Waals surface area (Å²) in [6.45, 7) is 4.37. The Morgan fingerprint density at radius 3 is 2.67 bits per heavy atom. The number of ether oxygens (including phenoxy) is 1. The maximum Gasteiger partial charge on any atom is 0.341 e. The van der Waals surface area contributed by atoms with Crippen molar-refractivity contribution in [3.63, 3.8) is 0 Å². The molecule has 0 radical (unpaired) electrons. The number of aliphatic hydroxyl groups excluding tert-OH is 1. The number of pyridine rings is 1. The number of hydrogen-bond donors (Lipinski definition) is 3. The maximum absolute atomic E-state index is 15.6. The number of esters is 1. The van der Waals surface area contributed by atoms with Crippen LogP contribution in [0.1, 0.15) is 30.1 Å². The number of carbonyl (C=O) groups excluding carboxylic acids is 1. The van der Waals surface area contributed by atoms with Crippen molar-refractivity contribution in [2.75, 3.05) is 26.2 Å². The van der Waals surface area contributed by atoms with E-state index in [9.17, 15) is 24.6 Å². The van der Waals surface area contributed by atoms with Crippen LogP contribution in [0.3, 0.4) is 0 Å². The van der Waals surface area contributed by atoms with Gasteiger partial charge in [-0.3, -0.25) is 9.28 Å². The number of aliphatic hydroxyl groups is 1. The second kappa shape index (κ2) is 9.12. The van der Waals surface area contributed by atoms with E-state index < -0.39 is 34.9 Å². The van der Waals surface area contributed by atoms with E-state index in [2.05, 4.69) is 5.32 Å². The third-order valence-electron chi connectivity index (χ3n) is 7.32. The zero-order chi connectivity index (χ0) is 25.6. The van der Waals surface area contributed by atoms with Crippen molar-refractivity contribution in [3.05, 3.63) is 64.2 Å². The van der Waals surface area contributed by atoms with Gasteiger partial charge in [-0.2, -0.15) is 0 Å². The Morgan fingerprint density at radius 2 is 1.97 bits per heavy atom. The molecule has 5 rings (SSSR count). The quantitative estimate of drug-likeness (QED) is 0.282. The van der Waals surface area contributed by atoms with Crippen molar-refractivity contribution in [1.82, 2.24) is 14.4 Å². The average molecular weight is 497 g/mol. The van der Waals surface area contributed by atoms with Gasteiger partial charge in [0.05, 0.1) is 24.0 Å². The molecule has 188 valence electrons. The van der Waals surface area contributed by atoms with Crippen LogP contribution in [0.25, 0.3) is 16.6 Å². The van der Waals surface area contributed by atoms with Crippen LogP contribution in [0, 0.1) is 5.82 Å². The molecule has 2 fully saturated rings. The third-order valence-corrected chi connectivity index (χ3v) is 7.32. The van der Waals surface area contributed by atoms with Crippen LogP contribution in [0.4, 0.5) is 10.1 Å². The van der Waals surface area contributed by atoms with Gasteiger partial charge in [-0.25, -0.2) is 14.0 Å². The largest absolute Gasteiger partial charge is 0.477 e. The first-order valence-electron chi connectivity index (χ1n) is 11.9. The molecule has 0 spiro atoms. The van der Waals surface area contributed by atoms with Crippen LogP contribution < -0.4 is 20.0 Å². The van der Waals surface area contributed by atoms with Crippen molar-refractivity contribution in [1.29, 1.82) is 0 Å². The first-order chi connectivity index (χ1) is 17.2. The van der Waals surface area contributed by atoms with Crippen LogP contribution in [-0.2, 0) is 4.79 Å². The highest BCUT2D eigenvalue weighted by Gasteiger charge is 2.47. The standard InChI is InChI=1S/C26H26FN3O6/c1-15(31)26(35)36-18-6-4-16(5-7-18)29-14-20(25(33)34)24(32)19-11-21(27)23(12-22(19)29)30-9-2-3-17(30)13-28-8-10-30/h4-7,11-12,14-15,17,28,31H,2-3,8-10,13H2,1H3/p+1. The SMILES string of the molecule is CC(O)C(=O)Oc1ccc(-n2cc(C(=O)O)c(=O)c3cc(F)c([N+]45CCCC4CNCC5)cc32)cc1. The number of halogens is 1. The highest BCUT2D eigenvalue weighted by molar-refractivity contribution is 5.94. The van der Waals surface area contributed by atoms with E-state index in [1.165, 1.54) is 31.3 Å². The molecule has 3 unspecified atom stereocenters. The molecule has 3 N–H and O–H groups in total. The molecule has 3 heterocycles. The topological polar surface area (TPSA) is 118 Å². The number of hydrogen-bond acceptors (Lipinski definition) is 6. The highest BCUT2D eigenvalue weighted by atomic mass is 19.1. The number of benzene rings is 2. The van der Waals surface area contributed by atoms with E-state index in [0.717, 1.165) is 39.0 Å². The molecule has 0 aliphatic carbocycles. The predicted octanol–water partition coefficient (Wildman–Crippen LogP) is 2.19. The summed E-state index contributed by atoms with van der Waals surface area (Å²) in [7, 11) is 0. The summed E-state index contributed by atoms with van der Waals surface area (Å²) in [6, 6.07) is 9.27. The molecule has 3 atom stereocenters. The summed E-state index contributed by atoms with van der Waals surface area (Å²) in [6.07, 6.45) is 1.90. The number of piperazine rings is 1. The Labute approximate surface area is 205 Å². The summed E-state index contributed by atoms with van der Waals surface area (Å²) < 4.78 is 22.8. The second-order valence-electron chi connectivity index (χ2n) is 9.44. The van der Waals surface area contributed by atoms with Gasteiger partial charge >= 0.3 is 11.9 Å². The molecule has 36 heavy (non-hydrogen) atoms. The lowest BCUT2D eigenvalue weighted by Gasteiger charge is -2.43. The van der Waals surface area contributed by atoms with Crippen molar-refractivity contribution in [2.45, 2.75) is 31.9 Å². The summed E-state index contributed by atoms with van der Waals surface area (Å²) >= 11 is 0. The summed E-state index contributed by atoms with van der Waals surface area (Å²) in [5, 5.41) is 22.4. The molecule has 10 heteroatoms. The maximum atomic E-state index is 15.6. The number of nitrogens with one attached hydrogen (secondary N) is 1. The van der Waals surface area contributed by atoms with Crippen LogP contribution >= 0.6 is 0 Å². The summed E-state index contributed by atoms with van der Waals surface area (Å²) in [5.74, 6) is -2.54. The molecule has 2 aliphatic heterocycles. The number of aromatic carboxylic acids is 1. The monoisotopic (exact) mass is 496 g/mol. The number of quaternary nitrogens is 1. The Bertz CT molecular complexity index is 1420. The van der Waals surface area contributed by atoms with Crippen molar-refractivity contribution in [2.24, 2.45) is 0 Å². The lowest BCUT2D eigenvalue weighted by molar-refractivity contribution is -0.142. The Hall–Kier alpha value is -3.60. The van der Waals surface area contributed by atoms with Crippen LogP contribution in [0.5, 0.6) is 5.75 Å². The lowest BCUT2D eigenvalue weighted by Crippen LogP contribution is -2.63. The normalized spacial score (nSPS) is 22.2. The molecule has 2 saturated heterocycles. The van der Waals surface area contributed by atoms with E-state index >= 15 is 4.39 Å². The van der Waals surface area contributed by atoms with Crippen LogP contribution in [-0.4, -0.2) is 65.0 Å². The molecular weight excluding hydrogens is 469 g/mol.